The zero-order valence-electron chi connectivity index (χ0n) is 5.91. The van der Waals surface area contributed by atoms with E-state index in [1.54, 1.807) is 0 Å². The second kappa shape index (κ2) is 1.48. The number of nitrogens with one attached hydrogen (secondary N) is 1. The quantitative estimate of drug-likeness (QED) is 0.446. The predicted octanol–water partition coefficient (Wildman–Crippen LogP) is -1.14. The van der Waals surface area contributed by atoms with E-state index >= 15 is 0 Å². The second-order valence-corrected chi connectivity index (χ2v) is 3.46. The number of imide groups is 1. The molecule has 58 valence electrons. The highest BCUT2D eigenvalue weighted by atomic mass is 16.2. The molecule has 0 radical (unpaired) electrons. The van der Waals surface area contributed by atoms with Crippen LogP contribution >= 0.6 is 0 Å². The first kappa shape index (κ1) is 5.71. The smallest absolute Gasteiger partial charge is 0.244 e. The molecule has 3 heterocycles. The van der Waals surface area contributed by atoms with Gasteiger partial charge in [-0.3, -0.25) is 19.8 Å². The molecule has 11 heavy (non-hydrogen) atoms. The van der Waals surface area contributed by atoms with Crippen molar-refractivity contribution < 1.29 is 9.59 Å². The molecule has 0 spiro atoms. The summed E-state index contributed by atoms with van der Waals surface area (Å²) >= 11 is 0. The van der Waals surface area contributed by atoms with Crippen molar-refractivity contribution in [3.8, 4) is 0 Å². The Morgan fingerprint density at radius 2 is 1.73 bits per heavy atom. The van der Waals surface area contributed by atoms with E-state index in [9.17, 15) is 9.59 Å². The standard InChI is InChI=1S/C7H8N2O2/c10-6-4-1-3-2-5(9(3)4)7(11)8-6/h3-5H,1-2H2,(H,8,10,11). The van der Waals surface area contributed by atoms with E-state index < -0.39 is 0 Å². The van der Waals surface area contributed by atoms with Crippen LogP contribution in [0.1, 0.15) is 12.8 Å². The van der Waals surface area contributed by atoms with Crippen molar-refractivity contribution >= 4 is 11.8 Å². The van der Waals surface area contributed by atoms with Gasteiger partial charge in [0.15, 0.2) is 0 Å². The summed E-state index contributed by atoms with van der Waals surface area (Å²) in [5, 5.41) is 2.38. The Balaban J connectivity index is 1.94. The summed E-state index contributed by atoms with van der Waals surface area (Å²) in [5.41, 5.74) is 0. The molecule has 2 unspecified atom stereocenters. The molecule has 0 aromatic carbocycles. The van der Waals surface area contributed by atoms with E-state index in [-0.39, 0.29) is 23.9 Å². The van der Waals surface area contributed by atoms with Gasteiger partial charge in [0.25, 0.3) is 0 Å². The molecule has 1 N–H and O–H groups in total. The highest BCUT2D eigenvalue weighted by Crippen LogP contribution is 2.43. The zero-order chi connectivity index (χ0) is 7.59. The van der Waals surface area contributed by atoms with Crippen LogP contribution in [0.2, 0.25) is 0 Å². The Morgan fingerprint density at radius 1 is 1.18 bits per heavy atom. The third-order valence-electron chi connectivity index (χ3n) is 2.98. The fourth-order valence-corrected chi connectivity index (χ4v) is 2.32. The number of rotatable bonds is 0. The maximum Gasteiger partial charge on any atom is 0.244 e. The summed E-state index contributed by atoms with van der Waals surface area (Å²) in [5.74, 6) is -0.190. The zero-order valence-corrected chi connectivity index (χ0v) is 5.91. The van der Waals surface area contributed by atoms with Crippen LogP contribution in [0.3, 0.4) is 0 Å². The number of amides is 2. The molecule has 3 aliphatic rings. The Morgan fingerprint density at radius 3 is 2.18 bits per heavy atom. The Kier molecular flexibility index (Phi) is 0.767. The lowest BCUT2D eigenvalue weighted by Gasteiger charge is -2.62. The van der Waals surface area contributed by atoms with Gasteiger partial charge in [-0.15, -0.1) is 0 Å². The van der Waals surface area contributed by atoms with Crippen LogP contribution in [0.4, 0.5) is 0 Å². The van der Waals surface area contributed by atoms with Gasteiger partial charge in [-0.25, -0.2) is 0 Å². The van der Waals surface area contributed by atoms with Gasteiger partial charge >= 0.3 is 0 Å². The first-order chi connectivity index (χ1) is 5.27. The minimum absolute atomic E-state index is 0.0245. The van der Waals surface area contributed by atoms with E-state index in [1.165, 1.54) is 0 Å². The van der Waals surface area contributed by atoms with Crippen molar-refractivity contribution in [1.29, 1.82) is 0 Å². The third kappa shape index (κ3) is 0.474. The molecule has 4 nitrogen and oxygen atoms in total. The average molecular weight is 152 g/mol. The molecular formula is C7H8N2O2. The van der Waals surface area contributed by atoms with Crippen LogP contribution in [0.5, 0.6) is 0 Å². The number of piperazine rings is 1. The van der Waals surface area contributed by atoms with Gasteiger partial charge in [-0.05, 0) is 12.8 Å². The summed E-state index contributed by atoms with van der Waals surface area (Å²) in [7, 11) is 0. The molecule has 2 atom stereocenters. The summed E-state index contributed by atoms with van der Waals surface area (Å²) < 4.78 is 0. The fourth-order valence-electron chi connectivity index (χ4n) is 2.32. The third-order valence-corrected chi connectivity index (χ3v) is 2.98. The van der Waals surface area contributed by atoms with Crippen LogP contribution in [0.15, 0.2) is 0 Å². The van der Waals surface area contributed by atoms with E-state index in [4.69, 9.17) is 0 Å². The lowest BCUT2D eigenvalue weighted by Crippen LogP contribution is -2.80. The minimum atomic E-state index is -0.0952. The largest absolute Gasteiger partial charge is 0.294 e. The van der Waals surface area contributed by atoms with Gasteiger partial charge in [0.1, 0.15) is 0 Å². The molecule has 3 rings (SSSR count). The maximum absolute atomic E-state index is 11.1. The first-order valence-corrected chi connectivity index (χ1v) is 3.89. The number of hydrogen-bond acceptors (Lipinski definition) is 3. The molecular weight excluding hydrogens is 144 g/mol. The number of carbonyl (C=O) groups excluding carboxylic acids is 2. The Bertz CT molecular complexity index is 239. The lowest BCUT2D eigenvalue weighted by molar-refractivity contribution is -0.178. The number of piperidine rings is 1. The number of carbonyl (C=O) groups is 2. The van der Waals surface area contributed by atoms with Gasteiger partial charge in [0.2, 0.25) is 11.8 Å². The SMILES string of the molecule is O=C1NC(=O)C2CC3CC1N32. The van der Waals surface area contributed by atoms with Crippen LogP contribution in [-0.4, -0.2) is 34.8 Å². The molecule has 3 aliphatic heterocycles. The Labute approximate surface area is 63.5 Å². The van der Waals surface area contributed by atoms with Crippen molar-refractivity contribution in [2.45, 2.75) is 31.0 Å². The molecule has 3 saturated heterocycles. The van der Waals surface area contributed by atoms with Gasteiger partial charge in [-0.2, -0.15) is 0 Å². The molecule has 0 aromatic rings. The summed E-state index contributed by atoms with van der Waals surface area (Å²) in [6, 6.07) is 0.591. The van der Waals surface area contributed by atoms with Crippen molar-refractivity contribution in [3.05, 3.63) is 0 Å². The topological polar surface area (TPSA) is 49.4 Å². The minimum Gasteiger partial charge on any atom is -0.294 e. The summed E-state index contributed by atoms with van der Waals surface area (Å²) in [6.45, 7) is 0. The number of hydrogen-bond donors (Lipinski definition) is 1. The molecule has 0 saturated carbocycles. The van der Waals surface area contributed by atoms with Crippen LogP contribution < -0.4 is 5.32 Å². The van der Waals surface area contributed by atoms with E-state index in [0.717, 1.165) is 12.8 Å². The molecule has 0 bridgehead atoms. The molecule has 2 amide bonds. The van der Waals surface area contributed by atoms with Gasteiger partial charge in [0.05, 0.1) is 12.1 Å². The molecule has 0 aliphatic carbocycles. The average Bonchev–Trinajstić information content (AvgIpc) is 1.89. The van der Waals surface area contributed by atoms with Crippen LogP contribution in [0, 0.1) is 0 Å². The van der Waals surface area contributed by atoms with Crippen molar-refractivity contribution in [2.24, 2.45) is 0 Å². The lowest BCUT2D eigenvalue weighted by atomic mass is 9.74. The highest BCUT2D eigenvalue weighted by molar-refractivity contribution is 6.04. The van der Waals surface area contributed by atoms with E-state index in [1.807, 2.05) is 4.90 Å². The maximum atomic E-state index is 11.1. The normalized spacial score (nSPS) is 47.1. The van der Waals surface area contributed by atoms with Gasteiger partial charge in [-0.1, -0.05) is 0 Å². The van der Waals surface area contributed by atoms with Crippen molar-refractivity contribution in [3.63, 3.8) is 0 Å². The van der Waals surface area contributed by atoms with Gasteiger partial charge < -0.3 is 0 Å². The van der Waals surface area contributed by atoms with Gasteiger partial charge in [0, 0.05) is 6.04 Å². The second-order valence-electron chi connectivity index (χ2n) is 3.46. The first-order valence-electron chi connectivity index (χ1n) is 3.89. The summed E-state index contributed by atoms with van der Waals surface area (Å²) in [6.07, 6.45) is 1.91. The highest BCUT2D eigenvalue weighted by Gasteiger charge is 2.59. The van der Waals surface area contributed by atoms with Crippen LogP contribution in [0.25, 0.3) is 0 Å². The predicted molar refractivity (Wildman–Crippen MR) is 35.6 cm³/mol. The van der Waals surface area contributed by atoms with E-state index in [0.29, 0.717) is 6.04 Å². The van der Waals surface area contributed by atoms with Crippen molar-refractivity contribution in [2.75, 3.05) is 0 Å². The molecule has 0 aromatic heterocycles. The molecule has 4 heteroatoms. The molecule has 3 fully saturated rings. The Hall–Kier alpha value is -0.900. The summed E-state index contributed by atoms with van der Waals surface area (Å²) in [4.78, 5) is 24.1. The number of nitrogens with zero attached hydrogens (tertiary/aromatic N) is 1. The van der Waals surface area contributed by atoms with Crippen molar-refractivity contribution in [1.82, 2.24) is 10.2 Å². The van der Waals surface area contributed by atoms with E-state index in [2.05, 4.69) is 5.32 Å². The monoisotopic (exact) mass is 152 g/mol. The van der Waals surface area contributed by atoms with Crippen LogP contribution in [-0.2, 0) is 9.59 Å². The fraction of sp³-hybridized carbons (Fsp3) is 0.714.